The van der Waals surface area contributed by atoms with E-state index in [0.29, 0.717) is 19.0 Å². The van der Waals surface area contributed by atoms with Crippen LogP contribution in [0.3, 0.4) is 0 Å². The van der Waals surface area contributed by atoms with E-state index in [0.717, 1.165) is 22.6 Å². The van der Waals surface area contributed by atoms with E-state index in [2.05, 4.69) is 5.32 Å². The van der Waals surface area contributed by atoms with Crippen molar-refractivity contribution in [1.82, 2.24) is 5.32 Å². The number of carbonyl (C=O) groups excluding carboxylic acids is 1. The Morgan fingerprint density at radius 1 is 1.08 bits per heavy atom. The van der Waals surface area contributed by atoms with Gasteiger partial charge in [0.25, 0.3) is 5.91 Å². The molecule has 3 rings (SSSR count). The van der Waals surface area contributed by atoms with Crippen molar-refractivity contribution in [2.24, 2.45) is 0 Å². The number of nitrogens with one attached hydrogen (secondary N) is 1. The molecule has 1 unspecified atom stereocenters. The molecule has 1 aliphatic heterocycles. The quantitative estimate of drug-likeness (QED) is 0.906. The van der Waals surface area contributed by atoms with Gasteiger partial charge < -0.3 is 19.5 Å². The minimum Gasteiger partial charge on any atom is -0.486 e. The van der Waals surface area contributed by atoms with E-state index in [1.54, 1.807) is 0 Å². The van der Waals surface area contributed by atoms with E-state index in [-0.39, 0.29) is 18.6 Å². The Hall–Kier alpha value is -2.69. The third kappa shape index (κ3) is 4.24. The third-order valence-corrected chi connectivity index (χ3v) is 4.29. The number of benzene rings is 2. The predicted octanol–water partition coefficient (Wildman–Crippen LogP) is 3.33. The molecule has 132 valence electrons. The van der Waals surface area contributed by atoms with Gasteiger partial charge in [-0.3, -0.25) is 4.79 Å². The van der Waals surface area contributed by atoms with Crippen LogP contribution in [-0.4, -0.2) is 25.7 Å². The average Bonchev–Trinajstić information content (AvgIpc) is 2.62. The number of fused-ring (bicyclic) bond motifs is 1. The standard InChI is InChI=1S/C20H23NO4/c1-13-4-6-17(10-14(13)2)25-12-20(22)21-15(3)16-5-7-18-19(11-16)24-9-8-23-18/h4-7,10-11,15H,8-9,12H2,1-3H3,(H,21,22). The monoisotopic (exact) mass is 341 g/mol. The second kappa shape index (κ2) is 7.47. The van der Waals surface area contributed by atoms with Crippen LogP contribution in [0.15, 0.2) is 36.4 Å². The highest BCUT2D eigenvalue weighted by Gasteiger charge is 2.16. The van der Waals surface area contributed by atoms with Gasteiger partial charge >= 0.3 is 0 Å². The Labute approximate surface area is 147 Å². The number of ether oxygens (including phenoxy) is 3. The number of hydrogen-bond donors (Lipinski definition) is 1. The number of hydrogen-bond acceptors (Lipinski definition) is 4. The van der Waals surface area contributed by atoms with Crippen molar-refractivity contribution in [2.75, 3.05) is 19.8 Å². The molecule has 1 amide bonds. The van der Waals surface area contributed by atoms with Gasteiger partial charge in [-0.05, 0) is 61.7 Å². The molecule has 1 aliphatic rings. The first-order chi connectivity index (χ1) is 12.0. The van der Waals surface area contributed by atoms with Crippen molar-refractivity contribution in [3.05, 3.63) is 53.1 Å². The van der Waals surface area contributed by atoms with Crippen LogP contribution in [0.2, 0.25) is 0 Å². The number of aryl methyl sites for hydroxylation is 2. The molecule has 0 fully saturated rings. The molecule has 0 aliphatic carbocycles. The summed E-state index contributed by atoms with van der Waals surface area (Å²) in [5, 5.41) is 2.94. The number of amides is 1. The Morgan fingerprint density at radius 2 is 1.84 bits per heavy atom. The fourth-order valence-electron chi connectivity index (χ4n) is 2.65. The SMILES string of the molecule is Cc1ccc(OCC(=O)NC(C)c2ccc3c(c2)OCCO3)cc1C. The van der Waals surface area contributed by atoms with Crippen molar-refractivity contribution >= 4 is 5.91 Å². The summed E-state index contributed by atoms with van der Waals surface area (Å²) in [6, 6.07) is 11.4. The summed E-state index contributed by atoms with van der Waals surface area (Å²) in [7, 11) is 0. The fraction of sp³-hybridized carbons (Fsp3) is 0.350. The fourth-order valence-corrected chi connectivity index (χ4v) is 2.65. The first kappa shape index (κ1) is 17.1. The van der Waals surface area contributed by atoms with Crippen LogP contribution in [0.1, 0.15) is 29.7 Å². The predicted molar refractivity (Wildman–Crippen MR) is 95.4 cm³/mol. The van der Waals surface area contributed by atoms with Crippen molar-refractivity contribution < 1.29 is 19.0 Å². The molecule has 2 aromatic rings. The minimum atomic E-state index is -0.166. The maximum Gasteiger partial charge on any atom is 0.258 e. The first-order valence-electron chi connectivity index (χ1n) is 8.42. The molecule has 2 aromatic carbocycles. The largest absolute Gasteiger partial charge is 0.486 e. The molecule has 1 heterocycles. The highest BCUT2D eigenvalue weighted by Crippen LogP contribution is 2.32. The van der Waals surface area contributed by atoms with E-state index in [1.165, 1.54) is 5.56 Å². The molecule has 0 bridgehead atoms. The summed E-state index contributed by atoms with van der Waals surface area (Å²) in [6.45, 7) is 7.08. The van der Waals surface area contributed by atoms with Gasteiger partial charge in [0.1, 0.15) is 19.0 Å². The molecule has 1 atom stereocenters. The van der Waals surface area contributed by atoms with E-state index in [9.17, 15) is 4.79 Å². The summed E-state index contributed by atoms with van der Waals surface area (Å²) >= 11 is 0. The number of carbonyl (C=O) groups is 1. The molecule has 25 heavy (non-hydrogen) atoms. The maximum absolute atomic E-state index is 12.1. The van der Waals surface area contributed by atoms with Gasteiger partial charge in [-0.25, -0.2) is 0 Å². The zero-order chi connectivity index (χ0) is 17.8. The molecule has 5 nitrogen and oxygen atoms in total. The minimum absolute atomic E-state index is 0.0165. The summed E-state index contributed by atoms with van der Waals surface area (Å²) in [6.07, 6.45) is 0. The van der Waals surface area contributed by atoms with Gasteiger partial charge in [0.15, 0.2) is 18.1 Å². The third-order valence-electron chi connectivity index (χ3n) is 4.29. The molecule has 0 aromatic heterocycles. The topological polar surface area (TPSA) is 56.8 Å². The molecule has 0 radical (unpaired) electrons. The van der Waals surface area contributed by atoms with Gasteiger partial charge in [-0.2, -0.15) is 0 Å². The Morgan fingerprint density at radius 3 is 2.60 bits per heavy atom. The summed E-state index contributed by atoms with van der Waals surface area (Å²) in [5.74, 6) is 1.99. The molecule has 5 heteroatoms. The highest BCUT2D eigenvalue weighted by molar-refractivity contribution is 5.78. The maximum atomic E-state index is 12.1. The summed E-state index contributed by atoms with van der Waals surface area (Å²) in [5.41, 5.74) is 3.30. The van der Waals surface area contributed by atoms with E-state index < -0.39 is 0 Å². The normalized spacial score (nSPS) is 13.9. The van der Waals surface area contributed by atoms with Crippen LogP contribution in [-0.2, 0) is 4.79 Å². The zero-order valence-corrected chi connectivity index (χ0v) is 14.8. The van der Waals surface area contributed by atoms with Gasteiger partial charge in [0.2, 0.25) is 0 Å². The van der Waals surface area contributed by atoms with E-state index in [1.807, 2.05) is 57.2 Å². The highest BCUT2D eigenvalue weighted by atomic mass is 16.6. The number of rotatable bonds is 5. The second-order valence-corrected chi connectivity index (χ2v) is 6.23. The van der Waals surface area contributed by atoms with Gasteiger partial charge in [-0.15, -0.1) is 0 Å². The summed E-state index contributed by atoms with van der Waals surface area (Å²) < 4.78 is 16.7. The zero-order valence-electron chi connectivity index (χ0n) is 14.8. The molecular weight excluding hydrogens is 318 g/mol. The van der Waals surface area contributed by atoms with Crippen LogP contribution in [0.4, 0.5) is 0 Å². The van der Waals surface area contributed by atoms with Crippen molar-refractivity contribution in [3.63, 3.8) is 0 Å². The Kier molecular flexibility index (Phi) is 5.12. The van der Waals surface area contributed by atoms with Crippen molar-refractivity contribution in [3.8, 4) is 17.2 Å². The van der Waals surface area contributed by atoms with Gasteiger partial charge in [0.05, 0.1) is 6.04 Å². The smallest absolute Gasteiger partial charge is 0.258 e. The van der Waals surface area contributed by atoms with Crippen molar-refractivity contribution in [2.45, 2.75) is 26.8 Å². The molecule has 0 saturated carbocycles. The average molecular weight is 341 g/mol. The molecular formula is C20H23NO4. The lowest BCUT2D eigenvalue weighted by molar-refractivity contribution is -0.123. The Balaban J connectivity index is 1.56. The van der Waals surface area contributed by atoms with Crippen LogP contribution in [0.5, 0.6) is 17.2 Å². The van der Waals surface area contributed by atoms with Crippen LogP contribution >= 0.6 is 0 Å². The first-order valence-corrected chi connectivity index (χ1v) is 8.42. The summed E-state index contributed by atoms with van der Waals surface area (Å²) in [4.78, 5) is 12.1. The van der Waals surface area contributed by atoms with Crippen LogP contribution in [0.25, 0.3) is 0 Å². The van der Waals surface area contributed by atoms with Crippen LogP contribution in [0, 0.1) is 13.8 Å². The molecule has 1 N–H and O–H groups in total. The van der Waals surface area contributed by atoms with Gasteiger partial charge in [0, 0.05) is 0 Å². The van der Waals surface area contributed by atoms with Crippen LogP contribution < -0.4 is 19.5 Å². The van der Waals surface area contributed by atoms with E-state index >= 15 is 0 Å². The van der Waals surface area contributed by atoms with Gasteiger partial charge in [-0.1, -0.05) is 12.1 Å². The Bertz CT molecular complexity index is 772. The molecule has 0 spiro atoms. The second-order valence-electron chi connectivity index (χ2n) is 6.23. The molecule has 0 saturated heterocycles. The lowest BCUT2D eigenvalue weighted by atomic mass is 10.1. The van der Waals surface area contributed by atoms with Crippen molar-refractivity contribution in [1.29, 1.82) is 0 Å². The van der Waals surface area contributed by atoms with E-state index in [4.69, 9.17) is 14.2 Å². The lowest BCUT2D eigenvalue weighted by Gasteiger charge is -2.21. The lowest BCUT2D eigenvalue weighted by Crippen LogP contribution is -2.31.